The van der Waals surface area contributed by atoms with Gasteiger partial charge < -0.3 is 19.0 Å². The third kappa shape index (κ3) is 2.09. The molecule has 0 radical (unpaired) electrons. The summed E-state index contributed by atoms with van der Waals surface area (Å²) in [6.07, 6.45) is 1.65. The van der Waals surface area contributed by atoms with Crippen molar-refractivity contribution in [2.45, 2.75) is 6.10 Å². The van der Waals surface area contributed by atoms with Crippen molar-refractivity contribution in [2.24, 2.45) is 0 Å². The molecule has 6 heteroatoms. The first-order valence-corrected chi connectivity index (χ1v) is 6.51. The van der Waals surface area contributed by atoms with Gasteiger partial charge in [-0.2, -0.15) is 0 Å². The highest BCUT2D eigenvalue weighted by Crippen LogP contribution is 2.30. The molecule has 4 rings (SSSR count). The number of rotatable bonds is 3. The van der Waals surface area contributed by atoms with Gasteiger partial charge in [0, 0.05) is 18.3 Å². The molecule has 1 aliphatic heterocycles. The minimum absolute atomic E-state index is 0.105. The Balaban J connectivity index is 1.90. The highest BCUT2D eigenvalue weighted by molar-refractivity contribution is 5.92. The lowest BCUT2D eigenvalue weighted by Crippen LogP contribution is -2.06. The summed E-state index contributed by atoms with van der Waals surface area (Å²) in [4.78, 5) is 16.4. The van der Waals surface area contributed by atoms with Crippen molar-refractivity contribution in [3.8, 4) is 11.5 Å². The molecule has 1 fully saturated rings. The van der Waals surface area contributed by atoms with E-state index in [1.807, 2.05) is 0 Å². The van der Waals surface area contributed by atoms with Gasteiger partial charge in [-0.25, -0.2) is 4.98 Å². The zero-order valence-electron chi connectivity index (χ0n) is 10.9. The van der Waals surface area contributed by atoms with Gasteiger partial charge in [0.15, 0.2) is 0 Å². The third-order valence-electron chi connectivity index (χ3n) is 3.34. The number of fused-ring (bicyclic) bond motifs is 2. The van der Waals surface area contributed by atoms with Crippen LogP contribution in [-0.2, 0) is 4.74 Å². The van der Waals surface area contributed by atoms with E-state index in [2.05, 4.69) is 4.98 Å². The van der Waals surface area contributed by atoms with Crippen LogP contribution < -0.4 is 10.2 Å². The zero-order valence-corrected chi connectivity index (χ0v) is 10.9. The Morgan fingerprint density at radius 1 is 1.43 bits per heavy atom. The summed E-state index contributed by atoms with van der Waals surface area (Å²) in [5.41, 5.74) is 0.170. The maximum Gasteiger partial charge on any atom is 0.230 e. The molecule has 1 N–H and O–H groups in total. The molecule has 0 bridgehead atoms. The molecule has 0 saturated carbocycles. The van der Waals surface area contributed by atoms with E-state index in [9.17, 15) is 9.90 Å². The Morgan fingerprint density at radius 2 is 2.29 bits per heavy atom. The number of pyridine rings is 1. The van der Waals surface area contributed by atoms with Gasteiger partial charge in [0.05, 0.1) is 12.0 Å². The summed E-state index contributed by atoms with van der Waals surface area (Å²) in [6.45, 7) is 1.09. The summed E-state index contributed by atoms with van der Waals surface area (Å²) in [7, 11) is 0. The molecule has 1 aliphatic rings. The van der Waals surface area contributed by atoms with Crippen molar-refractivity contribution < 1.29 is 19.0 Å². The summed E-state index contributed by atoms with van der Waals surface area (Å²) in [5.74, 6) is 0.257. The van der Waals surface area contributed by atoms with Crippen molar-refractivity contribution in [1.29, 1.82) is 0 Å². The number of aromatic hydroxyl groups is 1. The molecule has 6 nitrogen and oxygen atoms in total. The van der Waals surface area contributed by atoms with Gasteiger partial charge in [-0.15, -0.1) is 0 Å². The second-order valence-electron chi connectivity index (χ2n) is 4.87. The van der Waals surface area contributed by atoms with Crippen molar-refractivity contribution in [2.75, 3.05) is 13.2 Å². The molecular formula is C15H11NO5. The van der Waals surface area contributed by atoms with Gasteiger partial charge in [-0.1, -0.05) is 0 Å². The fourth-order valence-corrected chi connectivity index (χ4v) is 2.21. The Bertz CT molecular complexity index is 898. The summed E-state index contributed by atoms with van der Waals surface area (Å²) in [5, 5.41) is 10.5. The molecule has 2 aromatic heterocycles. The molecule has 0 aliphatic carbocycles. The first-order chi connectivity index (χ1) is 10.2. The van der Waals surface area contributed by atoms with E-state index in [4.69, 9.17) is 13.9 Å². The van der Waals surface area contributed by atoms with Crippen LogP contribution in [0.3, 0.4) is 0 Å². The van der Waals surface area contributed by atoms with Crippen LogP contribution in [0.2, 0.25) is 0 Å². The predicted octanol–water partition coefficient (Wildman–Crippen LogP) is 1.82. The minimum atomic E-state index is -0.311. The van der Waals surface area contributed by atoms with Crippen molar-refractivity contribution in [3.05, 3.63) is 40.7 Å². The maximum atomic E-state index is 12.4. The largest absolute Gasteiger partial charge is 0.507 e. The average molecular weight is 285 g/mol. The third-order valence-corrected chi connectivity index (χ3v) is 3.34. The monoisotopic (exact) mass is 285 g/mol. The van der Waals surface area contributed by atoms with Gasteiger partial charge in [-0.05, 0) is 12.1 Å². The van der Waals surface area contributed by atoms with E-state index in [0.717, 1.165) is 0 Å². The summed E-state index contributed by atoms with van der Waals surface area (Å²) >= 11 is 0. The van der Waals surface area contributed by atoms with Crippen LogP contribution in [0.1, 0.15) is 0 Å². The van der Waals surface area contributed by atoms with Crippen molar-refractivity contribution in [3.63, 3.8) is 0 Å². The number of phenolic OH excluding ortho intramolecular Hbond substituents is 1. The van der Waals surface area contributed by atoms with Gasteiger partial charge in [0.2, 0.25) is 11.1 Å². The molecule has 3 heterocycles. The second-order valence-corrected chi connectivity index (χ2v) is 4.87. The standard InChI is InChI=1S/C15H11NO5/c17-11-4-8(19-6-9-7-20-9)5-12-13(11)14(18)10-2-1-3-16-15(10)21-12/h1-5,9,17H,6-7H2. The second kappa shape index (κ2) is 4.46. The number of hydrogen-bond donors (Lipinski definition) is 1. The lowest BCUT2D eigenvalue weighted by molar-refractivity contribution is 0.262. The molecular weight excluding hydrogens is 274 g/mol. The first-order valence-electron chi connectivity index (χ1n) is 6.51. The smallest absolute Gasteiger partial charge is 0.230 e. The van der Waals surface area contributed by atoms with Crippen LogP contribution in [0.5, 0.6) is 11.5 Å². The molecule has 0 amide bonds. The molecule has 106 valence electrons. The fourth-order valence-electron chi connectivity index (χ4n) is 2.21. The lowest BCUT2D eigenvalue weighted by Gasteiger charge is -2.07. The van der Waals surface area contributed by atoms with Crippen LogP contribution in [0, 0.1) is 0 Å². The molecule has 3 aromatic rings. The zero-order chi connectivity index (χ0) is 14.4. The van der Waals surface area contributed by atoms with Crippen molar-refractivity contribution in [1.82, 2.24) is 4.98 Å². The van der Waals surface area contributed by atoms with Gasteiger partial charge in [0.1, 0.15) is 35.2 Å². The average Bonchev–Trinajstić information content (AvgIpc) is 3.29. The number of ether oxygens (including phenoxy) is 2. The number of aromatic nitrogens is 1. The van der Waals surface area contributed by atoms with Crippen LogP contribution in [0.25, 0.3) is 22.1 Å². The topological polar surface area (TPSA) is 85.1 Å². The summed E-state index contributed by atoms with van der Waals surface area (Å²) in [6, 6.07) is 6.24. The van der Waals surface area contributed by atoms with Crippen LogP contribution in [0.15, 0.2) is 39.7 Å². The van der Waals surface area contributed by atoms with Crippen molar-refractivity contribution >= 4 is 22.1 Å². The van der Waals surface area contributed by atoms with Gasteiger partial charge in [0.25, 0.3) is 0 Å². The predicted molar refractivity (Wildman–Crippen MR) is 74.7 cm³/mol. The number of epoxide rings is 1. The molecule has 1 aromatic carbocycles. The highest BCUT2D eigenvalue weighted by atomic mass is 16.6. The fraction of sp³-hybridized carbons (Fsp3) is 0.200. The van der Waals surface area contributed by atoms with E-state index in [0.29, 0.717) is 24.3 Å². The van der Waals surface area contributed by atoms with E-state index in [1.54, 1.807) is 24.4 Å². The Hall–Kier alpha value is -2.60. The van der Waals surface area contributed by atoms with Crippen LogP contribution >= 0.6 is 0 Å². The first kappa shape index (κ1) is 12.2. The highest BCUT2D eigenvalue weighted by Gasteiger charge is 2.23. The van der Waals surface area contributed by atoms with E-state index >= 15 is 0 Å². The summed E-state index contributed by atoms with van der Waals surface area (Å²) < 4.78 is 16.1. The van der Waals surface area contributed by atoms with Crippen LogP contribution in [0.4, 0.5) is 0 Å². The molecule has 21 heavy (non-hydrogen) atoms. The maximum absolute atomic E-state index is 12.4. The molecule has 1 saturated heterocycles. The van der Waals surface area contributed by atoms with E-state index in [-0.39, 0.29) is 34.0 Å². The van der Waals surface area contributed by atoms with E-state index < -0.39 is 0 Å². The Kier molecular flexibility index (Phi) is 2.58. The quantitative estimate of drug-likeness (QED) is 0.583. The molecule has 1 atom stereocenters. The SMILES string of the molecule is O=c1c2cccnc2oc2cc(OCC3CO3)cc(O)c12. The normalized spacial score (nSPS) is 17.2. The number of benzene rings is 1. The van der Waals surface area contributed by atoms with Crippen LogP contribution in [-0.4, -0.2) is 29.4 Å². The minimum Gasteiger partial charge on any atom is -0.507 e. The molecule has 0 spiro atoms. The van der Waals surface area contributed by atoms with E-state index in [1.165, 1.54) is 6.07 Å². The van der Waals surface area contributed by atoms with Gasteiger partial charge in [-0.3, -0.25) is 4.79 Å². The Labute approximate surface area is 118 Å². The lowest BCUT2D eigenvalue weighted by atomic mass is 10.1. The number of hydrogen-bond acceptors (Lipinski definition) is 6. The molecule has 1 unspecified atom stereocenters. The number of nitrogens with zero attached hydrogens (tertiary/aromatic N) is 1. The number of phenols is 1. The van der Waals surface area contributed by atoms with Gasteiger partial charge >= 0.3 is 0 Å². The Morgan fingerprint density at radius 3 is 3.10 bits per heavy atom.